The second-order valence-corrected chi connectivity index (χ2v) is 11.4. The molecule has 0 bridgehead atoms. The Morgan fingerprint density at radius 2 is 1.88 bits per heavy atom. The van der Waals surface area contributed by atoms with Gasteiger partial charge in [-0.05, 0) is 38.6 Å². The molecule has 0 aromatic heterocycles. The van der Waals surface area contributed by atoms with Crippen molar-refractivity contribution in [2.24, 2.45) is 0 Å². The van der Waals surface area contributed by atoms with Crippen LogP contribution in [0.25, 0.3) is 0 Å². The third-order valence-corrected chi connectivity index (χ3v) is 9.02. The number of rotatable bonds is 7. The van der Waals surface area contributed by atoms with Crippen LogP contribution in [-0.2, 0) is 10.0 Å². The summed E-state index contributed by atoms with van der Waals surface area (Å²) in [7, 11) is 0.427. The fourth-order valence-corrected chi connectivity index (χ4v) is 6.87. The highest BCUT2D eigenvalue weighted by Gasteiger charge is 2.46. The molecule has 1 aromatic carbocycles. The van der Waals surface area contributed by atoms with Gasteiger partial charge in [0, 0.05) is 50.9 Å². The predicted octanol–water partition coefficient (Wildman–Crippen LogP) is 0.896. The van der Waals surface area contributed by atoms with Crippen LogP contribution >= 0.6 is 12.2 Å². The van der Waals surface area contributed by atoms with Crippen molar-refractivity contribution in [1.29, 1.82) is 0 Å². The first-order valence-electron chi connectivity index (χ1n) is 11.8. The van der Waals surface area contributed by atoms with E-state index in [2.05, 4.69) is 32.9 Å². The van der Waals surface area contributed by atoms with Gasteiger partial charge in [-0.25, -0.2) is 13.4 Å². The fraction of sp³-hybridized carbons (Fsp3) is 0.682. The van der Waals surface area contributed by atoms with Crippen molar-refractivity contribution in [2.75, 3.05) is 46.9 Å². The number of piperazine rings is 1. The number of sulfonamides is 1. The van der Waals surface area contributed by atoms with Crippen molar-refractivity contribution in [2.45, 2.75) is 55.9 Å². The lowest BCUT2D eigenvalue weighted by molar-refractivity contribution is 0.222. The highest BCUT2D eigenvalue weighted by molar-refractivity contribution is 7.89. The average molecular weight is 497 g/mol. The summed E-state index contributed by atoms with van der Waals surface area (Å²) in [6.45, 7) is 7.03. The van der Waals surface area contributed by atoms with E-state index < -0.39 is 10.0 Å². The van der Waals surface area contributed by atoms with Gasteiger partial charge in [0.25, 0.3) is 0 Å². The highest BCUT2D eigenvalue weighted by atomic mass is 32.2. The lowest BCUT2D eigenvalue weighted by Crippen LogP contribution is -2.62. The molecule has 1 aromatic rings. The molecule has 0 saturated carbocycles. The minimum Gasteiger partial charge on any atom is -0.493 e. The number of hydrogen-bond acceptors (Lipinski definition) is 8. The van der Waals surface area contributed by atoms with Gasteiger partial charge in [-0.2, -0.15) is 4.31 Å². The lowest BCUT2D eigenvalue weighted by Gasteiger charge is -2.39. The Kier molecular flexibility index (Phi) is 7.59. The predicted molar refractivity (Wildman–Crippen MR) is 133 cm³/mol. The molecular weight excluding hydrogens is 460 g/mol. The second-order valence-electron chi connectivity index (χ2n) is 9.05. The third-order valence-electron chi connectivity index (χ3n) is 6.77. The minimum atomic E-state index is -3.60. The summed E-state index contributed by atoms with van der Waals surface area (Å²) in [4.78, 5) is 3.17. The molecule has 3 aliphatic heterocycles. The average Bonchev–Trinajstić information content (AvgIpc) is 3.10. The van der Waals surface area contributed by atoms with Gasteiger partial charge in [0.05, 0.1) is 22.5 Å². The standard InChI is InChI=1S/C22H36N6O3S2/c1-5-7-17-19-20(27(4)25-17)22(32)24-21(23-19)16-14-15(8-9-18(16)31-6-2)33(29,30)28-12-10-26(3)11-13-28/h8-9,14,17,19-21,23,25H,5-7,10-13H2,1-4H3,(H,24,32). The number of nitrogens with zero attached hydrogens (tertiary/aromatic N) is 3. The van der Waals surface area contributed by atoms with Crippen LogP contribution < -0.4 is 20.8 Å². The summed E-state index contributed by atoms with van der Waals surface area (Å²) in [6, 6.07) is 5.56. The third kappa shape index (κ3) is 4.90. The van der Waals surface area contributed by atoms with Gasteiger partial charge in [-0.1, -0.05) is 25.6 Å². The number of hydrazine groups is 1. The number of fused-ring (bicyclic) bond motifs is 1. The Labute approximate surface area is 202 Å². The Balaban J connectivity index is 1.65. The van der Waals surface area contributed by atoms with Crippen molar-refractivity contribution >= 4 is 27.2 Å². The summed E-state index contributed by atoms with van der Waals surface area (Å²) in [5.74, 6) is 0.660. The van der Waals surface area contributed by atoms with Crippen molar-refractivity contribution in [3.63, 3.8) is 0 Å². The van der Waals surface area contributed by atoms with E-state index in [0.29, 0.717) is 25.4 Å². The van der Waals surface area contributed by atoms with Crippen LogP contribution in [0.4, 0.5) is 0 Å². The normalized spacial score (nSPS) is 29.6. The van der Waals surface area contributed by atoms with Crippen LogP contribution in [0.15, 0.2) is 23.1 Å². The summed E-state index contributed by atoms with van der Waals surface area (Å²) >= 11 is 5.76. The van der Waals surface area contributed by atoms with Crippen LogP contribution in [0.3, 0.4) is 0 Å². The summed E-state index contributed by atoms with van der Waals surface area (Å²) in [5.41, 5.74) is 4.29. The number of benzene rings is 1. The zero-order valence-corrected chi connectivity index (χ0v) is 21.5. The maximum absolute atomic E-state index is 13.4. The van der Waals surface area contributed by atoms with E-state index >= 15 is 0 Å². The second kappa shape index (κ2) is 10.1. The van der Waals surface area contributed by atoms with E-state index in [-0.39, 0.29) is 29.2 Å². The Morgan fingerprint density at radius 1 is 1.15 bits per heavy atom. The molecule has 3 fully saturated rings. The number of likely N-dealkylation sites (N-methyl/N-ethyl adjacent to an activating group) is 2. The van der Waals surface area contributed by atoms with Crippen LogP contribution in [0, 0.1) is 0 Å². The largest absolute Gasteiger partial charge is 0.493 e. The van der Waals surface area contributed by atoms with Gasteiger partial charge in [-0.3, -0.25) is 10.7 Å². The van der Waals surface area contributed by atoms with E-state index in [9.17, 15) is 8.42 Å². The molecule has 0 aliphatic carbocycles. The summed E-state index contributed by atoms with van der Waals surface area (Å²) in [5, 5.41) is 9.17. The first-order chi connectivity index (χ1) is 15.8. The quantitative estimate of drug-likeness (QED) is 0.477. The monoisotopic (exact) mass is 496 g/mol. The van der Waals surface area contributed by atoms with Gasteiger partial charge in [0.2, 0.25) is 10.0 Å². The van der Waals surface area contributed by atoms with E-state index in [1.54, 1.807) is 22.5 Å². The van der Waals surface area contributed by atoms with Gasteiger partial charge >= 0.3 is 0 Å². The zero-order valence-electron chi connectivity index (χ0n) is 19.9. The molecule has 3 aliphatic rings. The molecule has 0 radical (unpaired) electrons. The van der Waals surface area contributed by atoms with Crippen LogP contribution in [0.2, 0.25) is 0 Å². The van der Waals surface area contributed by atoms with E-state index in [1.807, 2.05) is 21.0 Å². The molecule has 4 atom stereocenters. The molecule has 3 heterocycles. The SMILES string of the molecule is CCCC1NN(C)C2C(=S)NC(c3cc(S(=O)(=O)N4CCN(C)CC4)ccc3OCC)NC12. The summed E-state index contributed by atoms with van der Waals surface area (Å²) in [6.07, 6.45) is 1.74. The molecule has 11 heteroatoms. The molecule has 0 amide bonds. The lowest BCUT2D eigenvalue weighted by atomic mass is 9.95. The molecule has 3 saturated heterocycles. The molecule has 4 rings (SSSR count). The van der Waals surface area contributed by atoms with Gasteiger partial charge in [0.15, 0.2) is 0 Å². The van der Waals surface area contributed by atoms with Crippen molar-refractivity contribution < 1.29 is 13.2 Å². The Morgan fingerprint density at radius 3 is 2.55 bits per heavy atom. The van der Waals surface area contributed by atoms with Crippen molar-refractivity contribution in [3.8, 4) is 5.75 Å². The Hall–Kier alpha value is -1.34. The van der Waals surface area contributed by atoms with Crippen LogP contribution in [-0.4, -0.2) is 92.6 Å². The first kappa shape index (κ1) is 24.8. The number of nitrogens with one attached hydrogen (secondary N) is 3. The molecule has 4 unspecified atom stereocenters. The van der Waals surface area contributed by atoms with Gasteiger partial charge < -0.3 is 15.0 Å². The van der Waals surface area contributed by atoms with Gasteiger partial charge in [-0.15, -0.1) is 0 Å². The van der Waals surface area contributed by atoms with Crippen molar-refractivity contribution in [1.82, 2.24) is 30.3 Å². The number of hydrogen-bond donors (Lipinski definition) is 3. The smallest absolute Gasteiger partial charge is 0.243 e. The van der Waals surface area contributed by atoms with E-state index in [1.165, 1.54) is 0 Å². The van der Waals surface area contributed by atoms with Crippen LogP contribution in [0.5, 0.6) is 5.75 Å². The van der Waals surface area contributed by atoms with Crippen molar-refractivity contribution in [3.05, 3.63) is 23.8 Å². The summed E-state index contributed by atoms with van der Waals surface area (Å²) < 4.78 is 34.3. The topological polar surface area (TPSA) is 89.2 Å². The maximum Gasteiger partial charge on any atom is 0.243 e. The highest BCUT2D eigenvalue weighted by Crippen LogP contribution is 2.33. The zero-order chi connectivity index (χ0) is 23.8. The fourth-order valence-electron chi connectivity index (χ4n) is 4.99. The Bertz CT molecular complexity index is 967. The first-order valence-corrected chi connectivity index (χ1v) is 13.6. The molecule has 33 heavy (non-hydrogen) atoms. The van der Waals surface area contributed by atoms with E-state index in [0.717, 1.165) is 36.5 Å². The molecule has 0 spiro atoms. The minimum absolute atomic E-state index is 0.0422. The van der Waals surface area contributed by atoms with E-state index in [4.69, 9.17) is 17.0 Å². The molecular formula is C22H36N6O3S2. The number of thiocarbonyl (C=S) groups is 1. The molecule has 184 valence electrons. The molecule has 3 N–H and O–H groups in total. The molecule has 9 nitrogen and oxygen atoms in total. The maximum atomic E-state index is 13.4. The van der Waals surface area contributed by atoms with Crippen LogP contribution in [0.1, 0.15) is 38.4 Å². The van der Waals surface area contributed by atoms with Gasteiger partial charge in [0.1, 0.15) is 11.9 Å². The number of ether oxygens (including phenoxy) is 1.